The van der Waals surface area contributed by atoms with Gasteiger partial charge in [0.05, 0.1) is 17.4 Å². The fourth-order valence-corrected chi connectivity index (χ4v) is 4.94. The number of rotatable bonds is 5. The Morgan fingerprint density at radius 2 is 2.20 bits per heavy atom. The Bertz CT molecular complexity index is 1520. The van der Waals surface area contributed by atoms with Gasteiger partial charge in [-0.05, 0) is 30.0 Å². The van der Waals surface area contributed by atoms with Crippen molar-refractivity contribution in [1.29, 1.82) is 5.41 Å². The van der Waals surface area contributed by atoms with Gasteiger partial charge in [-0.25, -0.2) is 9.67 Å². The maximum atomic E-state index is 13.2. The third kappa shape index (κ3) is 2.82. The van der Waals surface area contributed by atoms with E-state index in [1.165, 1.54) is 22.2 Å². The number of aryl methyl sites for hydroxylation is 1. The van der Waals surface area contributed by atoms with Crippen LogP contribution in [0.5, 0.6) is 0 Å². The van der Waals surface area contributed by atoms with Crippen molar-refractivity contribution >= 4 is 49.2 Å². The predicted octanol–water partition coefficient (Wildman–Crippen LogP) is 2.91. The van der Waals surface area contributed by atoms with E-state index in [1.807, 2.05) is 42.1 Å². The van der Waals surface area contributed by atoms with Gasteiger partial charge in [0.25, 0.3) is 5.56 Å². The zero-order chi connectivity index (χ0) is 20.8. The summed E-state index contributed by atoms with van der Waals surface area (Å²) in [7, 11) is 1.85. The Labute approximate surface area is 174 Å². The molecule has 0 saturated carbocycles. The number of nitrogens with zero attached hydrogens (tertiary/aromatic N) is 4. The number of allylic oxidation sites excluding steroid dienone is 1. The Morgan fingerprint density at radius 1 is 1.33 bits per heavy atom. The molecular weight excluding hydrogens is 398 g/mol. The lowest BCUT2D eigenvalue weighted by Gasteiger charge is -2.07. The fraction of sp³-hybridized carbons (Fsp3) is 0.143. The summed E-state index contributed by atoms with van der Waals surface area (Å²) in [6, 6.07) is 8.00. The average Bonchev–Trinajstić information content (AvgIpc) is 3.41. The predicted molar refractivity (Wildman–Crippen MR) is 120 cm³/mol. The summed E-state index contributed by atoms with van der Waals surface area (Å²) in [5.74, 6) is 0. The first kappa shape index (κ1) is 18.3. The number of hydrogen-bond donors (Lipinski definition) is 3. The summed E-state index contributed by atoms with van der Waals surface area (Å²) in [6.45, 7) is 0.393. The van der Waals surface area contributed by atoms with Crippen LogP contribution < -0.4 is 11.3 Å². The zero-order valence-corrected chi connectivity index (χ0v) is 17.0. The van der Waals surface area contributed by atoms with Crippen LogP contribution >= 0.6 is 11.3 Å². The molecule has 0 fully saturated rings. The molecule has 0 aliphatic heterocycles. The molecule has 8 nitrogen and oxygen atoms in total. The van der Waals surface area contributed by atoms with Crippen LogP contribution in [0.4, 0.5) is 0 Å². The van der Waals surface area contributed by atoms with Crippen molar-refractivity contribution in [3.63, 3.8) is 0 Å². The minimum absolute atomic E-state index is 0.145. The largest absolute Gasteiger partial charge is 0.405 e. The van der Waals surface area contributed by atoms with E-state index in [2.05, 4.69) is 15.1 Å². The highest BCUT2D eigenvalue weighted by Gasteiger charge is 2.18. The SMILES string of the molecule is Cn1c2nc(CC(=N)/C=C\N)sc2c2cnn(Cc3cccc4[nH]ccc34)c(=O)c21. The molecule has 0 unspecified atom stereocenters. The van der Waals surface area contributed by atoms with E-state index in [0.29, 0.717) is 24.2 Å². The molecule has 5 aromatic rings. The van der Waals surface area contributed by atoms with Crippen molar-refractivity contribution in [2.45, 2.75) is 13.0 Å². The molecule has 1 aromatic carbocycles. The van der Waals surface area contributed by atoms with Crippen molar-refractivity contribution in [2.24, 2.45) is 12.8 Å². The van der Waals surface area contributed by atoms with Crippen molar-refractivity contribution in [1.82, 2.24) is 24.3 Å². The van der Waals surface area contributed by atoms with Crippen molar-refractivity contribution in [3.05, 3.63) is 69.9 Å². The van der Waals surface area contributed by atoms with E-state index in [4.69, 9.17) is 11.1 Å². The van der Waals surface area contributed by atoms with E-state index < -0.39 is 0 Å². The van der Waals surface area contributed by atoms with Gasteiger partial charge >= 0.3 is 0 Å². The van der Waals surface area contributed by atoms with E-state index in [0.717, 1.165) is 37.2 Å². The van der Waals surface area contributed by atoms with E-state index in [9.17, 15) is 4.79 Å². The number of nitrogens with two attached hydrogens (primary N) is 1. The summed E-state index contributed by atoms with van der Waals surface area (Å²) < 4.78 is 4.23. The topological polar surface area (TPSA) is 118 Å². The first-order valence-electron chi connectivity index (χ1n) is 9.41. The van der Waals surface area contributed by atoms with Crippen LogP contribution in [-0.4, -0.2) is 30.0 Å². The van der Waals surface area contributed by atoms with Gasteiger partial charge < -0.3 is 20.7 Å². The highest BCUT2D eigenvalue weighted by Crippen LogP contribution is 2.31. The molecule has 30 heavy (non-hydrogen) atoms. The van der Waals surface area contributed by atoms with Crippen LogP contribution in [0.15, 0.2) is 53.7 Å². The molecule has 0 saturated heterocycles. The Morgan fingerprint density at radius 3 is 3.03 bits per heavy atom. The highest BCUT2D eigenvalue weighted by molar-refractivity contribution is 7.19. The summed E-state index contributed by atoms with van der Waals surface area (Å²) in [4.78, 5) is 21.1. The standard InChI is InChI=1S/C21H19N7OS/c1-27-18-15(19-20(27)26-17(30-19)9-13(23)5-7-22)10-25-28(21(18)29)11-12-3-2-4-16-14(12)6-8-24-16/h2-8,10,23-24H,9,11,22H2,1H3/b7-5-,23-13?. The maximum absolute atomic E-state index is 13.2. The molecule has 0 aliphatic rings. The molecule has 5 rings (SSSR count). The molecule has 9 heteroatoms. The lowest BCUT2D eigenvalue weighted by molar-refractivity contribution is 0.647. The second-order valence-corrected chi connectivity index (χ2v) is 8.19. The monoisotopic (exact) mass is 417 g/mol. The number of aromatic nitrogens is 5. The smallest absolute Gasteiger partial charge is 0.291 e. The minimum atomic E-state index is -0.145. The Balaban J connectivity index is 1.59. The number of nitrogens with one attached hydrogen (secondary N) is 2. The molecule has 0 spiro atoms. The number of aromatic amines is 1. The van der Waals surface area contributed by atoms with Crippen molar-refractivity contribution < 1.29 is 0 Å². The van der Waals surface area contributed by atoms with Crippen LogP contribution in [0.3, 0.4) is 0 Å². The lowest BCUT2D eigenvalue weighted by Crippen LogP contribution is -2.24. The first-order valence-corrected chi connectivity index (χ1v) is 10.2. The second kappa shape index (κ2) is 6.96. The normalized spacial score (nSPS) is 12.0. The van der Waals surface area contributed by atoms with E-state index in [-0.39, 0.29) is 5.56 Å². The summed E-state index contributed by atoms with van der Waals surface area (Å²) >= 11 is 1.48. The van der Waals surface area contributed by atoms with Crippen LogP contribution in [0.2, 0.25) is 0 Å². The molecular formula is C21H19N7OS. The molecule has 0 aliphatic carbocycles. The van der Waals surface area contributed by atoms with Gasteiger partial charge in [-0.3, -0.25) is 4.79 Å². The molecule has 4 aromatic heterocycles. The van der Waals surface area contributed by atoms with Crippen LogP contribution in [0.1, 0.15) is 10.6 Å². The summed E-state index contributed by atoms with van der Waals surface area (Å²) in [5, 5.41) is 15.0. The number of hydrogen-bond acceptors (Lipinski definition) is 6. The number of H-pyrrole nitrogens is 1. The van der Waals surface area contributed by atoms with Gasteiger partial charge in [0.1, 0.15) is 10.5 Å². The Hall–Kier alpha value is -3.72. The van der Waals surface area contributed by atoms with Gasteiger partial charge in [0.15, 0.2) is 5.65 Å². The quantitative estimate of drug-likeness (QED) is 0.381. The van der Waals surface area contributed by atoms with E-state index >= 15 is 0 Å². The molecule has 4 heterocycles. The summed E-state index contributed by atoms with van der Waals surface area (Å²) in [5.41, 5.74) is 8.99. The first-order chi connectivity index (χ1) is 14.6. The molecule has 0 atom stereocenters. The van der Waals surface area contributed by atoms with Crippen LogP contribution in [-0.2, 0) is 20.0 Å². The van der Waals surface area contributed by atoms with Gasteiger partial charge in [-0.1, -0.05) is 12.1 Å². The van der Waals surface area contributed by atoms with Gasteiger partial charge in [0.2, 0.25) is 0 Å². The third-order valence-corrected chi connectivity index (χ3v) is 6.29. The second-order valence-electron chi connectivity index (χ2n) is 7.11. The molecule has 4 N–H and O–H groups in total. The van der Waals surface area contributed by atoms with Gasteiger partial charge in [-0.15, -0.1) is 11.3 Å². The minimum Gasteiger partial charge on any atom is -0.405 e. The van der Waals surface area contributed by atoms with Crippen LogP contribution in [0.25, 0.3) is 32.2 Å². The molecule has 0 amide bonds. The highest BCUT2D eigenvalue weighted by atomic mass is 32.1. The van der Waals surface area contributed by atoms with Crippen LogP contribution in [0, 0.1) is 5.41 Å². The van der Waals surface area contributed by atoms with Crippen molar-refractivity contribution in [3.8, 4) is 0 Å². The molecule has 0 radical (unpaired) electrons. The van der Waals surface area contributed by atoms with Crippen molar-refractivity contribution in [2.75, 3.05) is 0 Å². The number of benzene rings is 1. The molecule has 0 bridgehead atoms. The number of thiazole rings is 1. The third-order valence-electron chi connectivity index (χ3n) is 5.21. The fourth-order valence-electron chi connectivity index (χ4n) is 3.81. The summed E-state index contributed by atoms with van der Waals surface area (Å²) in [6.07, 6.45) is 6.94. The zero-order valence-electron chi connectivity index (χ0n) is 16.2. The van der Waals surface area contributed by atoms with Gasteiger partial charge in [-0.2, -0.15) is 5.10 Å². The molecule has 150 valence electrons. The number of fused-ring (bicyclic) bond motifs is 4. The maximum Gasteiger partial charge on any atom is 0.291 e. The Kier molecular flexibility index (Phi) is 4.25. The van der Waals surface area contributed by atoms with E-state index in [1.54, 1.807) is 12.3 Å². The average molecular weight is 417 g/mol. The lowest BCUT2D eigenvalue weighted by atomic mass is 10.1. The van der Waals surface area contributed by atoms with Gasteiger partial charge in [0, 0.05) is 41.7 Å².